The van der Waals surface area contributed by atoms with Crippen molar-refractivity contribution in [1.29, 1.82) is 0 Å². The molecule has 1 aromatic carbocycles. The Morgan fingerprint density at radius 1 is 1.37 bits per heavy atom. The molecule has 0 saturated carbocycles. The Morgan fingerprint density at radius 2 is 2.16 bits per heavy atom. The maximum absolute atomic E-state index is 12.0. The summed E-state index contributed by atoms with van der Waals surface area (Å²) in [7, 11) is 0. The molecule has 0 aliphatic heterocycles. The molecular weight excluding hydrogens is 238 g/mol. The van der Waals surface area contributed by atoms with E-state index >= 15 is 0 Å². The minimum Gasteiger partial charge on any atom is -0.330 e. The summed E-state index contributed by atoms with van der Waals surface area (Å²) >= 11 is 0. The van der Waals surface area contributed by atoms with Gasteiger partial charge in [-0.15, -0.1) is 0 Å². The number of aryl methyl sites for hydroxylation is 1. The van der Waals surface area contributed by atoms with Crippen LogP contribution >= 0.6 is 0 Å². The molecule has 0 aliphatic carbocycles. The summed E-state index contributed by atoms with van der Waals surface area (Å²) in [6, 6.07) is 9.76. The average Bonchev–Trinajstić information content (AvgIpc) is 2.39. The van der Waals surface area contributed by atoms with Crippen molar-refractivity contribution < 1.29 is 4.79 Å². The minimum absolute atomic E-state index is 0.0127. The van der Waals surface area contributed by atoms with Gasteiger partial charge in [-0.2, -0.15) is 0 Å². The Morgan fingerprint density at radius 3 is 2.89 bits per heavy atom. The van der Waals surface area contributed by atoms with Crippen LogP contribution in [0, 0.1) is 12.8 Å². The molecule has 100 valence electrons. The van der Waals surface area contributed by atoms with Gasteiger partial charge in [0.2, 0.25) is 5.91 Å². The highest BCUT2D eigenvalue weighted by Gasteiger charge is 2.13. The van der Waals surface area contributed by atoms with Gasteiger partial charge in [0.25, 0.3) is 0 Å². The van der Waals surface area contributed by atoms with E-state index in [1.54, 1.807) is 0 Å². The second-order valence-electron chi connectivity index (χ2n) is 4.80. The summed E-state index contributed by atoms with van der Waals surface area (Å²) in [6.45, 7) is 4.34. The molecule has 0 radical (unpaired) electrons. The van der Waals surface area contributed by atoms with Gasteiger partial charge in [0, 0.05) is 17.0 Å². The largest absolute Gasteiger partial charge is 0.330 e. The highest BCUT2D eigenvalue weighted by atomic mass is 16.1. The summed E-state index contributed by atoms with van der Waals surface area (Å²) in [4.78, 5) is 16.5. The van der Waals surface area contributed by atoms with Gasteiger partial charge in [-0.3, -0.25) is 9.78 Å². The molecule has 0 bridgehead atoms. The quantitative estimate of drug-likeness (QED) is 0.884. The van der Waals surface area contributed by atoms with Crippen LogP contribution in [0.3, 0.4) is 0 Å². The van der Waals surface area contributed by atoms with Crippen molar-refractivity contribution in [2.45, 2.75) is 20.3 Å². The maximum Gasteiger partial charge on any atom is 0.227 e. The van der Waals surface area contributed by atoms with Crippen LogP contribution in [0.5, 0.6) is 0 Å². The summed E-state index contributed by atoms with van der Waals surface area (Å²) in [5.41, 5.74) is 8.00. The number of carbonyl (C=O) groups is 1. The molecule has 0 aliphatic rings. The molecule has 0 fully saturated rings. The van der Waals surface area contributed by atoms with E-state index in [9.17, 15) is 4.79 Å². The van der Waals surface area contributed by atoms with Gasteiger partial charge in [-0.25, -0.2) is 0 Å². The topological polar surface area (TPSA) is 68.0 Å². The minimum atomic E-state index is -0.0925. The van der Waals surface area contributed by atoms with Crippen molar-refractivity contribution in [2.24, 2.45) is 11.7 Å². The number of anilines is 1. The van der Waals surface area contributed by atoms with Gasteiger partial charge in [0.05, 0.1) is 11.2 Å². The number of nitrogens with two attached hydrogens (primary N) is 1. The van der Waals surface area contributed by atoms with Crippen LogP contribution in [0.15, 0.2) is 30.3 Å². The van der Waals surface area contributed by atoms with Gasteiger partial charge < -0.3 is 11.1 Å². The molecule has 1 unspecified atom stereocenters. The SMILES string of the molecule is Cc1ccc2cccc(NC(=O)C(C)CCN)c2n1. The molecule has 2 aromatic rings. The Kier molecular flexibility index (Phi) is 4.12. The fourth-order valence-electron chi connectivity index (χ4n) is 1.98. The standard InChI is InChI=1S/C15H19N3O/c1-10(8-9-16)15(19)18-13-5-3-4-12-7-6-11(2)17-14(12)13/h3-7,10H,8-9,16H2,1-2H3,(H,18,19). The Hall–Kier alpha value is -1.94. The predicted molar refractivity (Wildman–Crippen MR) is 77.9 cm³/mol. The van der Waals surface area contributed by atoms with E-state index < -0.39 is 0 Å². The van der Waals surface area contributed by atoms with Crippen LogP contribution < -0.4 is 11.1 Å². The zero-order chi connectivity index (χ0) is 13.8. The molecule has 3 N–H and O–H groups in total. The first kappa shape index (κ1) is 13.5. The summed E-state index contributed by atoms with van der Waals surface area (Å²) < 4.78 is 0. The zero-order valence-corrected chi connectivity index (χ0v) is 11.3. The first-order chi connectivity index (χ1) is 9.11. The van der Waals surface area contributed by atoms with Crippen molar-refractivity contribution >= 4 is 22.5 Å². The van der Waals surface area contributed by atoms with Crippen LogP contribution in [-0.2, 0) is 4.79 Å². The average molecular weight is 257 g/mol. The fraction of sp³-hybridized carbons (Fsp3) is 0.333. The van der Waals surface area contributed by atoms with Crippen LogP contribution in [0.2, 0.25) is 0 Å². The van der Waals surface area contributed by atoms with E-state index in [0.29, 0.717) is 13.0 Å². The molecule has 1 heterocycles. The van der Waals surface area contributed by atoms with Gasteiger partial charge in [-0.1, -0.05) is 25.1 Å². The van der Waals surface area contributed by atoms with E-state index in [4.69, 9.17) is 5.73 Å². The maximum atomic E-state index is 12.0. The number of rotatable bonds is 4. The van der Waals surface area contributed by atoms with Crippen LogP contribution in [-0.4, -0.2) is 17.4 Å². The number of amides is 1. The Bertz CT molecular complexity index is 595. The smallest absolute Gasteiger partial charge is 0.227 e. The summed E-state index contributed by atoms with van der Waals surface area (Å²) in [5.74, 6) is -0.105. The molecular formula is C15H19N3O. The lowest BCUT2D eigenvalue weighted by atomic mass is 10.1. The molecule has 0 spiro atoms. The molecule has 1 aromatic heterocycles. The van der Waals surface area contributed by atoms with Crippen molar-refractivity contribution in [3.05, 3.63) is 36.0 Å². The van der Waals surface area contributed by atoms with Gasteiger partial charge in [0.15, 0.2) is 0 Å². The van der Waals surface area contributed by atoms with Gasteiger partial charge >= 0.3 is 0 Å². The van der Waals surface area contributed by atoms with Gasteiger partial charge in [-0.05, 0) is 32.0 Å². The predicted octanol–water partition coefficient (Wildman–Crippen LogP) is 2.47. The van der Waals surface area contributed by atoms with E-state index in [-0.39, 0.29) is 11.8 Å². The normalized spacial score (nSPS) is 12.4. The van der Waals surface area contributed by atoms with Crippen LogP contribution in [0.25, 0.3) is 10.9 Å². The molecule has 19 heavy (non-hydrogen) atoms. The molecule has 0 saturated heterocycles. The molecule has 2 rings (SSSR count). The second kappa shape index (κ2) is 5.80. The van der Waals surface area contributed by atoms with E-state index in [2.05, 4.69) is 10.3 Å². The lowest BCUT2D eigenvalue weighted by Gasteiger charge is -2.12. The lowest BCUT2D eigenvalue weighted by Crippen LogP contribution is -2.22. The third-order valence-corrected chi connectivity index (χ3v) is 3.16. The molecule has 4 heteroatoms. The van der Waals surface area contributed by atoms with E-state index in [1.165, 1.54) is 0 Å². The number of pyridine rings is 1. The second-order valence-corrected chi connectivity index (χ2v) is 4.80. The highest BCUT2D eigenvalue weighted by Crippen LogP contribution is 2.22. The van der Waals surface area contributed by atoms with Gasteiger partial charge in [0.1, 0.15) is 0 Å². The van der Waals surface area contributed by atoms with E-state index in [1.807, 2.05) is 44.2 Å². The number of hydrogen-bond acceptors (Lipinski definition) is 3. The number of nitrogens with one attached hydrogen (secondary N) is 1. The third-order valence-electron chi connectivity index (χ3n) is 3.16. The third kappa shape index (κ3) is 3.09. The van der Waals surface area contributed by atoms with E-state index in [0.717, 1.165) is 22.3 Å². The number of hydrogen-bond donors (Lipinski definition) is 2. The number of fused-ring (bicyclic) bond motifs is 1. The number of para-hydroxylation sites is 1. The van der Waals surface area contributed by atoms with Crippen molar-refractivity contribution in [3.63, 3.8) is 0 Å². The highest BCUT2D eigenvalue weighted by molar-refractivity contribution is 6.00. The van der Waals surface area contributed by atoms with Crippen molar-refractivity contribution in [1.82, 2.24) is 4.98 Å². The molecule has 4 nitrogen and oxygen atoms in total. The lowest BCUT2D eigenvalue weighted by molar-refractivity contribution is -0.119. The first-order valence-corrected chi connectivity index (χ1v) is 6.49. The van der Waals surface area contributed by atoms with Crippen molar-refractivity contribution in [2.75, 3.05) is 11.9 Å². The summed E-state index contributed by atoms with van der Waals surface area (Å²) in [5, 5.41) is 3.96. The monoisotopic (exact) mass is 257 g/mol. The Balaban J connectivity index is 2.30. The number of aromatic nitrogens is 1. The van der Waals surface area contributed by atoms with Crippen molar-refractivity contribution in [3.8, 4) is 0 Å². The fourth-order valence-corrected chi connectivity index (χ4v) is 1.98. The van der Waals surface area contributed by atoms with Crippen LogP contribution in [0.1, 0.15) is 19.0 Å². The first-order valence-electron chi connectivity index (χ1n) is 6.49. The molecule has 1 amide bonds. The number of nitrogens with zero attached hydrogens (tertiary/aromatic N) is 1. The number of carbonyl (C=O) groups excluding carboxylic acids is 1. The van der Waals surface area contributed by atoms with Crippen LogP contribution in [0.4, 0.5) is 5.69 Å². The number of benzene rings is 1. The molecule has 1 atom stereocenters. The summed E-state index contributed by atoms with van der Waals surface area (Å²) in [6.07, 6.45) is 0.684. The Labute approximate surface area is 113 Å². The zero-order valence-electron chi connectivity index (χ0n) is 11.3.